The summed E-state index contributed by atoms with van der Waals surface area (Å²) >= 11 is 1.59. The van der Waals surface area contributed by atoms with E-state index in [1.54, 1.807) is 11.3 Å². The summed E-state index contributed by atoms with van der Waals surface area (Å²) < 4.78 is 0. The maximum absolute atomic E-state index is 11.9. The average molecular weight is 249 g/mol. The lowest BCUT2D eigenvalue weighted by atomic mass is 10.2. The molecule has 0 aliphatic heterocycles. The van der Waals surface area contributed by atoms with Crippen LogP contribution < -0.4 is 5.32 Å². The fourth-order valence-corrected chi connectivity index (χ4v) is 3.11. The molecule has 0 unspecified atom stereocenters. The molecule has 88 valence electrons. The summed E-state index contributed by atoms with van der Waals surface area (Å²) in [6.07, 6.45) is 3.42. The van der Waals surface area contributed by atoms with Crippen LogP contribution in [-0.4, -0.2) is 26.5 Å². The molecule has 2 aromatic heterocycles. The van der Waals surface area contributed by atoms with Crippen LogP contribution >= 0.6 is 11.3 Å². The highest BCUT2D eigenvalue weighted by Gasteiger charge is 2.18. The zero-order valence-electron chi connectivity index (χ0n) is 9.06. The zero-order chi connectivity index (χ0) is 11.7. The highest BCUT2D eigenvalue weighted by atomic mass is 32.1. The first kappa shape index (κ1) is 10.4. The van der Waals surface area contributed by atoms with Gasteiger partial charge in [0.25, 0.3) is 5.91 Å². The number of H-pyrrole nitrogens is 1. The molecule has 0 radical (unpaired) electrons. The van der Waals surface area contributed by atoms with Crippen molar-refractivity contribution in [2.75, 3.05) is 0 Å². The number of nitrogens with zero attached hydrogens (tertiary/aromatic N) is 3. The van der Waals surface area contributed by atoms with Crippen LogP contribution in [0.2, 0.25) is 0 Å². The van der Waals surface area contributed by atoms with E-state index in [2.05, 4.69) is 25.9 Å². The fraction of sp³-hybridized carbons (Fsp3) is 0.400. The van der Waals surface area contributed by atoms with Crippen LogP contribution in [0.4, 0.5) is 0 Å². The number of aromatic amines is 1. The fourth-order valence-electron chi connectivity index (χ4n) is 1.94. The van der Waals surface area contributed by atoms with Gasteiger partial charge in [-0.3, -0.25) is 4.79 Å². The van der Waals surface area contributed by atoms with Gasteiger partial charge in [-0.05, 0) is 30.9 Å². The molecule has 0 spiro atoms. The Morgan fingerprint density at radius 3 is 3.24 bits per heavy atom. The number of amides is 1. The molecule has 3 rings (SSSR count). The maximum atomic E-state index is 11.9. The number of aryl methyl sites for hydroxylation is 2. The summed E-state index contributed by atoms with van der Waals surface area (Å²) in [5.74, 6) is 0.427. The number of thiophene rings is 1. The Hall–Kier alpha value is -1.76. The Balaban J connectivity index is 1.65. The molecule has 2 heterocycles. The van der Waals surface area contributed by atoms with Crippen molar-refractivity contribution in [2.45, 2.75) is 25.8 Å². The van der Waals surface area contributed by atoms with E-state index in [4.69, 9.17) is 0 Å². The molecule has 7 heteroatoms. The van der Waals surface area contributed by atoms with Gasteiger partial charge in [-0.2, -0.15) is 5.21 Å². The Bertz CT molecular complexity index is 511. The minimum absolute atomic E-state index is 0.0609. The van der Waals surface area contributed by atoms with E-state index in [1.165, 1.54) is 16.9 Å². The van der Waals surface area contributed by atoms with Crippen LogP contribution in [0.15, 0.2) is 6.07 Å². The van der Waals surface area contributed by atoms with Crippen LogP contribution in [0.3, 0.4) is 0 Å². The van der Waals surface area contributed by atoms with E-state index < -0.39 is 0 Å². The third kappa shape index (κ3) is 2.05. The third-order valence-electron chi connectivity index (χ3n) is 2.77. The van der Waals surface area contributed by atoms with E-state index in [-0.39, 0.29) is 5.91 Å². The minimum Gasteiger partial charge on any atom is -0.344 e. The van der Waals surface area contributed by atoms with E-state index in [9.17, 15) is 4.79 Å². The molecule has 2 aromatic rings. The average Bonchev–Trinajstić information content (AvgIpc) is 3.01. The third-order valence-corrected chi connectivity index (χ3v) is 4.00. The number of rotatable bonds is 3. The molecule has 0 saturated carbocycles. The van der Waals surface area contributed by atoms with Crippen molar-refractivity contribution in [3.63, 3.8) is 0 Å². The number of hydrogen-bond acceptors (Lipinski definition) is 5. The Morgan fingerprint density at radius 1 is 1.53 bits per heavy atom. The van der Waals surface area contributed by atoms with Crippen molar-refractivity contribution in [3.8, 4) is 0 Å². The molecule has 0 atom stereocenters. The van der Waals surface area contributed by atoms with Crippen molar-refractivity contribution < 1.29 is 4.79 Å². The first-order valence-corrected chi connectivity index (χ1v) is 6.26. The molecular formula is C10H11N5OS. The SMILES string of the molecule is O=C(NCc1nn[nH]n1)c1cc2c(s1)CCC2. The number of hydrogen-bond donors (Lipinski definition) is 2. The minimum atomic E-state index is -0.0609. The number of tetrazole rings is 1. The van der Waals surface area contributed by atoms with Crippen LogP contribution in [0.5, 0.6) is 0 Å². The predicted molar refractivity (Wildman–Crippen MR) is 61.7 cm³/mol. The molecule has 6 nitrogen and oxygen atoms in total. The number of carbonyl (C=O) groups is 1. The van der Waals surface area contributed by atoms with Gasteiger partial charge in [0.1, 0.15) is 0 Å². The first-order chi connectivity index (χ1) is 8.33. The normalized spacial score (nSPS) is 13.6. The van der Waals surface area contributed by atoms with E-state index in [0.29, 0.717) is 12.4 Å². The zero-order valence-corrected chi connectivity index (χ0v) is 9.88. The number of fused-ring (bicyclic) bond motifs is 1. The Labute approximate surface area is 101 Å². The van der Waals surface area contributed by atoms with Crippen LogP contribution in [0.25, 0.3) is 0 Å². The van der Waals surface area contributed by atoms with Gasteiger partial charge in [0, 0.05) is 4.88 Å². The van der Waals surface area contributed by atoms with Crippen molar-refractivity contribution in [2.24, 2.45) is 0 Å². The van der Waals surface area contributed by atoms with Crippen molar-refractivity contribution >= 4 is 17.2 Å². The molecule has 17 heavy (non-hydrogen) atoms. The van der Waals surface area contributed by atoms with Crippen molar-refractivity contribution in [1.29, 1.82) is 0 Å². The first-order valence-electron chi connectivity index (χ1n) is 5.45. The summed E-state index contributed by atoms with van der Waals surface area (Å²) in [6.45, 7) is 0.303. The predicted octanol–water partition coefficient (Wildman–Crippen LogP) is 0.680. The van der Waals surface area contributed by atoms with Crippen LogP contribution in [0.1, 0.15) is 32.4 Å². The summed E-state index contributed by atoms with van der Waals surface area (Å²) in [5, 5.41) is 16.1. The van der Waals surface area contributed by atoms with Gasteiger partial charge in [0.15, 0.2) is 5.82 Å². The van der Waals surface area contributed by atoms with E-state index >= 15 is 0 Å². The van der Waals surface area contributed by atoms with Gasteiger partial charge in [-0.1, -0.05) is 5.21 Å². The Kier molecular flexibility index (Phi) is 2.60. The lowest BCUT2D eigenvalue weighted by Crippen LogP contribution is -2.22. The van der Waals surface area contributed by atoms with Gasteiger partial charge in [-0.15, -0.1) is 21.5 Å². The summed E-state index contributed by atoms with van der Waals surface area (Å²) in [7, 11) is 0. The molecule has 0 saturated heterocycles. The number of nitrogens with one attached hydrogen (secondary N) is 2. The number of carbonyl (C=O) groups excluding carboxylic acids is 1. The summed E-state index contributed by atoms with van der Waals surface area (Å²) in [5.41, 5.74) is 1.33. The highest BCUT2D eigenvalue weighted by Crippen LogP contribution is 2.30. The van der Waals surface area contributed by atoms with Gasteiger partial charge < -0.3 is 5.32 Å². The molecule has 2 N–H and O–H groups in total. The lowest BCUT2D eigenvalue weighted by molar-refractivity contribution is 0.0954. The second-order valence-electron chi connectivity index (χ2n) is 3.92. The summed E-state index contributed by atoms with van der Waals surface area (Å²) in [6, 6.07) is 2.00. The second-order valence-corrected chi connectivity index (χ2v) is 5.06. The second kappa shape index (κ2) is 4.25. The van der Waals surface area contributed by atoms with Crippen molar-refractivity contribution in [1.82, 2.24) is 25.9 Å². The molecule has 1 aliphatic carbocycles. The smallest absolute Gasteiger partial charge is 0.261 e. The molecule has 1 aliphatic rings. The van der Waals surface area contributed by atoms with Crippen LogP contribution in [-0.2, 0) is 19.4 Å². The maximum Gasteiger partial charge on any atom is 0.261 e. The van der Waals surface area contributed by atoms with E-state index in [1.807, 2.05) is 6.07 Å². The van der Waals surface area contributed by atoms with Crippen LogP contribution in [0, 0.1) is 0 Å². The van der Waals surface area contributed by atoms with Gasteiger partial charge in [-0.25, -0.2) is 0 Å². The molecular weight excluding hydrogens is 238 g/mol. The van der Waals surface area contributed by atoms with Crippen molar-refractivity contribution in [3.05, 3.63) is 27.2 Å². The molecule has 0 bridgehead atoms. The van der Waals surface area contributed by atoms with Gasteiger partial charge >= 0.3 is 0 Å². The summed E-state index contributed by atoms with van der Waals surface area (Å²) in [4.78, 5) is 14.0. The van der Waals surface area contributed by atoms with E-state index in [0.717, 1.165) is 17.7 Å². The Morgan fingerprint density at radius 2 is 2.47 bits per heavy atom. The standard InChI is InChI=1S/C10H11N5OS/c16-10(11-5-9-12-14-15-13-9)8-4-6-2-1-3-7(6)17-8/h4H,1-3,5H2,(H,11,16)(H,12,13,14,15). The van der Waals surface area contributed by atoms with Gasteiger partial charge in [0.05, 0.1) is 11.4 Å². The molecule has 0 aromatic carbocycles. The largest absolute Gasteiger partial charge is 0.344 e. The molecule has 1 amide bonds. The monoisotopic (exact) mass is 249 g/mol. The molecule has 0 fully saturated rings. The quantitative estimate of drug-likeness (QED) is 0.838. The number of aromatic nitrogens is 4. The highest BCUT2D eigenvalue weighted by molar-refractivity contribution is 7.14. The topological polar surface area (TPSA) is 83.6 Å². The van der Waals surface area contributed by atoms with Gasteiger partial charge in [0.2, 0.25) is 0 Å². The lowest BCUT2D eigenvalue weighted by Gasteiger charge is -1.99.